The summed E-state index contributed by atoms with van der Waals surface area (Å²) in [5.74, 6) is -1.39. The van der Waals surface area contributed by atoms with Gasteiger partial charge in [0.2, 0.25) is 0 Å². The number of phenols is 2. The molecule has 0 saturated carbocycles. The van der Waals surface area contributed by atoms with Crippen LogP contribution in [0.2, 0.25) is 5.02 Å². The van der Waals surface area contributed by atoms with Crippen LogP contribution in [0.1, 0.15) is 15.9 Å². The van der Waals surface area contributed by atoms with E-state index < -0.39 is 5.91 Å². The van der Waals surface area contributed by atoms with Crippen molar-refractivity contribution in [2.24, 2.45) is 5.73 Å². The van der Waals surface area contributed by atoms with Crippen LogP contribution in [-0.4, -0.2) is 21.1 Å². The van der Waals surface area contributed by atoms with Gasteiger partial charge in [-0.05, 0) is 30.3 Å². The second kappa shape index (κ2) is 5.99. The molecule has 0 fully saturated rings. The van der Waals surface area contributed by atoms with Crippen molar-refractivity contribution in [2.45, 2.75) is 0 Å². The third-order valence-electron chi connectivity index (χ3n) is 2.74. The summed E-state index contributed by atoms with van der Waals surface area (Å²) < 4.78 is 0. The van der Waals surface area contributed by atoms with E-state index in [1.165, 1.54) is 24.3 Å². The average molecular weight is 323 g/mol. The van der Waals surface area contributed by atoms with Gasteiger partial charge in [0.05, 0.1) is 5.69 Å². The lowest BCUT2D eigenvalue weighted by Crippen LogP contribution is -2.17. The topological polar surface area (TPSA) is 95.6 Å². The number of carbonyl (C=O) groups excluding carboxylic acids is 1. The van der Waals surface area contributed by atoms with Gasteiger partial charge >= 0.3 is 0 Å². The molecule has 2 rings (SSSR count). The molecule has 2 aromatic carbocycles. The molecule has 21 heavy (non-hydrogen) atoms. The number of hydrogen-bond donors (Lipinski definition) is 4. The van der Waals surface area contributed by atoms with E-state index in [0.717, 1.165) is 0 Å². The summed E-state index contributed by atoms with van der Waals surface area (Å²) in [6.45, 7) is 0. The minimum atomic E-state index is -0.703. The third-order valence-corrected chi connectivity index (χ3v) is 3.20. The van der Waals surface area contributed by atoms with Gasteiger partial charge in [0.1, 0.15) is 22.1 Å². The Hall–Kier alpha value is -2.31. The number of carbonyl (C=O) groups is 1. The zero-order chi connectivity index (χ0) is 15.6. The highest BCUT2D eigenvalue weighted by molar-refractivity contribution is 7.80. The first-order chi connectivity index (χ1) is 9.90. The molecule has 5 nitrogen and oxygen atoms in total. The third kappa shape index (κ3) is 3.24. The van der Waals surface area contributed by atoms with Crippen LogP contribution in [0, 0.1) is 0 Å². The molecule has 0 aliphatic carbocycles. The van der Waals surface area contributed by atoms with Crippen LogP contribution < -0.4 is 11.1 Å². The second-order valence-corrected chi connectivity index (χ2v) is 5.06. The van der Waals surface area contributed by atoms with Gasteiger partial charge in [-0.15, -0.1) is 0 Å². The molecule has 0 atom stereocenters. The fourth-order valence-corrected chi connectivity index (χ4v) is 2.13. The predicted octanol–water partition coefficient (Wildman–Crippen LogP) is 2.64. The number of rotatable bonds is 3. The molecule has 0 heterocycles. The Bertz CT molecular complexity index is 714. The van der Waals surface area contributed by atoms with Gasteiger partial charge in [0, 0.05) is 10.6 Å². The van der Waals surface area contributed by atoms with Crippen molar-refractivity contribution in [1.82, 2.24) is 0 Å². The summed E-state index contributed by atoms with van der Waals surface area (Å²) in [6, 6.07) is 8.64. The van der Waals surface area contributed by atoms with E-state index in [-0.39, 0.29) is 22.1 Å². The number of anilines is 1. The maximum atomic E-state index is 12.2. The largest absolute Gasteiger partial charge is 0.507 e. The van der Waals surface area contributed by atoms with Crippen molar-refractivity contribution < 1.29 is 15.0 Å². The number of nitrogens with two attached hydrogens (primary N) is 1. The van der Waals surface area contributed by atoms with Crippen LogP contribution in [0.4, 0.5) is 5.69 Å². The molecule has 0 spiro atoms. The zero-order valence-corrected chi connectivity index (χ0v) is 12.2. The van der Waals surface area contributed by atoms with Crippen molar-refractivity contribution in [3.05, 3.63) is 52.5 Å². The van der Waals surface area contributed by atoms with E-state index in [0.29, 0.717) is 16.3 Å². The lowest BCUT2D eigenvalue weighted by atomic mass is 10.1. The van der Waals surface area contributed by atoms with Crippen LogP contribution in [0.3, 0.4) is 0 Å². The number of hydrogen-bond acceptors (Lipinski definition) is 4. The molecule has 2 aromatic rings. The second-order valence-electron chi connectivity index (χ2n) is 4.18. The molecule has 108 valence electrons. The lowest BCUT2D eigenvalue weighted by Gasteiger charge is -2.12. The molecule has 0 bridgehead atoms. The molecular formula is C14H11ClN2O3S. The van der Waals surface area contributed by atoms with E-state index in [1.54, 1.807) is 12.1 Å². The number of amides is 1. The first kappa shape index (κ1) is 15.1. The SMILES string of the molecule is NC(=S)c1ccc(Cl)cc1NC(=O)c1c(O)cccc1O. The summed E-state index contributed by atoms with van der Waals surface area (Å²) in [4.78, 5) is 12.3. The van der Waals surface area contributed by atoms with Crippen LogP contribution in [0.15, 0.2) is 36.4 Å². The number of nitrogens with one attached hydrogen (secondary N) is 1. The molecule has 7 heteroatoms. The summed E-state index contributed by atoms with van der Waals surface area (Å²) >= 11 is 10.8. The Balaban J connectivity index is 2.40. The molecule has 0 aromatic heterocycles. The van der Waals surface area contributed by atoms with Crippen LogP contribution >= 0.6 is 23.8 Å². The van der Waals surface area contributed by atoms with E-state index in [2.05, 4.69) is 5.32 Å². The van der Waals surface area contributed by atoms with Gasteiger partial charge in [-0.2, -0.15) is 0 Å². The first-order valence-electron chi connectivity index (χ1n) is 5.82. The van der Waals surface area contributed by atoms with Gasteiger partial charge in [-0.25, -0.2) is 0 Å². The summed E-state index contributed by atoms with van der Waals surface area (Å²) in [6.07, 6.45) is 0. The van der Waals surface area contributed by atoms with Gasteiger partial charge < -0.3 is 21.3 Å². The lowest BCUT2D eigenvalue weighted by molar-refractivity contribution is 0.102. The number of halogens is 1. The highest BCUT2D eigenvalue weighted by atomic mass is 35.5. The average Bonchev–Trinajstić information content (AvgIpc) is 2.38. The maximum absolute atomic E-state index is 12.2. The van der Waals surface area contributed by atoms with Gasteiger partial charge in [-0.3, -0.25) is 4.79 Å². The summed E-state index contributed by atoms with van der Waals surface area (Å²) in [5, 5.41) is 22.3. The van der Waals surface area contributed by atoms with Crippen LogP contribution in [0.5, 0.6) is 11.5 Å². The number of thiocarbonyl (C=S) groups is 1. The van der Waals surface area contributed by atoms with Gasteiger partial charge in [0.25, 0.3) is 5.91 Å². The number of phenolic OH excluding ortho intramolecular Hbond substituents is 2. The Labute approximate surface area is 131 Å². The smallest absolute Gasteiger partial charge is 0.263 e. The molecule has 0 radical (unpaired) electrons. The Morgan fingerprint density at radius 1 is 1.19 bits per heavy atom. The molecule has 1 amide bonds. The fraction of sp³-hybridized carbons (Fsp3) is 0. The van der Waals surface area contributed by atoms with Crippen LogP contribution in [0.25, 0.3) is 0 Å². The zero-order valence-electron chi connectivity index (χ0n) is 10.6. The van der Waals surface area contributed by atoms with Crippen molar-refractivity contribution >= 4 is 40.4 Å². The molecule has 0 aliphatic rings. The molecular weight excluding hydrogens is 312 g/mol. The molecule has 0 unspecified atom stereocenters. The summed E-state index contributed by atoms with van der Waals surface area (Å²) in [7, 11) is 0. The van der Waals surface area contributed by atoms with Crippen molar-refractivity contribution in [3.63, 3.8) is 0 Å². The van der Waals surface area contributed by atoms with E-state index in [9.17, 15) is 15.0 Å². The van der Waals surface area contributed by atoms with E-state index in [4.69, 9.17) is 29.6 Å². The molecule has 0 saturated heterocycles. The Morgan fingerprint density at radius 3 is 2.38 bits per heavy atom. The Morgan fingerprint density at radius 2 is 1.81 bits per heavy atom. The van der Waals surface area contributed by atoms with E-state index >= 15 is 0 Å². The standard InChI is InChI=1S/C14H11ClN2O3S/c15-7-4-5-8(13(16)21)9(6-7)17-14(20)12-10(18)2-1-3-11(12)19/h1-6,18-19H,(H2,16,21)(H,17,20). The van der Waals surface area contributed by atoms with E-state index in [1.807, 2.05) is 0 Å². The molecule has 0 aliphatic heterocycles. The van der Waals surface area contributed by atoms with Crippen LogP contribution in [-0.2, 0) is 0 Å². The predicted molar refractivity (Wildman–Crippen MR) is 85.1 cm³/mol. The first-order valence-corrected chi connectivity index (χ1v) is 6.60. The highest BCUT2D eigenvalue weighted by Gasteiger charge is 2.18. The number of aromatic hydroxyl groups is 2. The van der Waals surface area contributed by atoms with Crippen molar-refractivity contribution in [3.8, 4) is 11.5 Å². The normalized spacial score (nSPS) is 10.1. The Kier molecular flexibility index (Phi) is 4.30. The van der Waals surface area contributed by atoms with Gasteiger partial charge in [0.15, 0.2) is 0 Å². The minimum absolute atomic E-state index is 0.0865. The monoisotopic (exact) mass is 322 g/mol. The summed E-state index contributed by atoms with van der Waals surface area (Å²) in [5.41, 5.74) is 6.06. The quantitative estimate of drug-likeness (QED) is 0.652. The fourth-order valence-electron chi connectivity index (χ4n) is 1.78. The van der Waals surface area contributed by atoms with Crippen molar-refractivity contribution in [2.75, 3.05) is 5.32 Å². The molecule has 5 N–H and O–H groups in total. The highest BCUT2D eigenvalue weighted by Crippen LogP contribution is 2.28. The van der Waals surface area contributed by atoms with Gasteiger partial charge in [-0.1, -0.05) is 29.9 Å². The number of benzene rings is 2. The maximum Gasteiger partial charge on any atom is 0.263 e. The minimum Gasteiger partial charge on any atom is -0.507 e. The van der Waals surface area contributed by atoms with Crippen molar-refractivity contribution in [1.29, 1.82) is 0 Å².